The molecule has 0 atom stereocenters. The van der Waals surface area contributed by atoms with Crippen molar-refractivity contribution in [2.75, 3.05) is 26.8 Å². The Kier molecular flexibility index (Phi) is 7.29. The predicted octanol–water partition coefficient (Wildman–Crippen LogP) is 2.68. The van der Waals surface area contributed by atoms with Crippen LogP contribution >= 0.6 is 0 Å². The molecule has 1 rings (SSSR count). The van der Waals surface area contributed by atoms with Gasteiger partial charge in [-0.2, -0.15) is 0 Å². The first-order chi connectivity index (χ1) is 7.88. The molecule has 0 radical (unpaired) electrons. The first-order valence-electron chi connectivity index (χ1n) is 6.55. The van der Waals surface area contributed by atoms with Gasteiger partial charge in [-0.3, -0.25) is 4.90 Å². The molecule has 16 heavy (non-hydrogen) atoms. The Labute approximate surface area is 100 Å². The average molecular weight is 223 g/mol. The maximum absolute atomic E-state index is 5.45. The summed E-state index contributed by atoms with van der Waals surface area (Å²) in [6.45, 7) is 2.82. The molecule has 0 aromatic heterocycles. The van der Waals surface area contributed by atoms with Crippen molar-refractivity contribution >= 4 is 0 Å². The molecule has 1 fully saturated rings. The summed E-state index contributed by atoms with van der Waals surface area (Å²) >= 11 is 0. The molecule has 0 N–H and O–H groups in total. The third-order valence-corrected chi connectivity index (χ3v) is 3.43. The van der Waals surface area contributed by atoms with Crippen molar-refractivity contribution in [3.05, 3.63) is 0 Å². The largest absolute Gasteiger partial charge is 0.385 e. The molecule has 0 aromatic carbocycles. The Morgan fingerprint density at radius 1 is 1.25 bits per heavy atom. The standard InChI is InChI=1S/C14H25NO/c1-3-11-15(12-7-8-13-16-2)14-9-5-4-6-10-14/h1,14H,4-13H2,2H3. The number of hydrogen-bond donors (Lipinski definition) is 0. The van der Waals surface area contributed by atoms with Gasteiger partial charge in [0.1, 0.15) is 0 Å². The molecule has 2 nitrogen and oxygen atoms in total. The molecule has 0 heterocycles. The third-order valence-electron chi connectivity index (χ3n) is 3.43. The molecule has 0 unspecified atom stereocenters. The molecule has 1 aliphatic rings. The lowest BCUT2D eigenvalue weighted by molar-refractivity contribution is 0.156. The van der Waals surface area contributed by atoms with Gasteiger partial charge in [-0.25, -0.2) is 0 Å². The van der Waals surface area contributed by atoms with E-state index in [1.165, 1.54) is 38.5 Å². The first-order valence-corrected chi connectivity index (χ1v) is 6.55. The lowest BCUT2D eigenvalue weighted by Gasteiger charge is -2.33. The fourth-order valence-electron chi connectivity index (χ4n) is 2.52. The lowest BCUT2D eigenvalue weighted by atomic mass is 9.94. The summed E-state index contributed by atoms with van der Waals surface area (Å²) < 4.78 is 5.07. The van der Waals surface area contributed by atoms with Crippen LogP contribution in [0.25, 0.3) is 0 Å². The molecule has 2 heteroatoms. The van der Waals surface area contributed by atoms with Gasteiger partial charge in [0.15, 0.2) is 0 Å². The Morgan fingerprint density at radius 2 is 2.00 bits per heavy atom. The molecular formula is C14H25NO. The van der Waals surface area contributed by atoms with E-state index in [4.69, 9.17) is 11.2 Å². The minimum absolute atomic E-state index is 0.743. The van der Waals surface area contributed by atoms with Gasteiger partial charge in [0, 0.05) is 19.8 Å². The van der Waals surface area contributed by atoms with Crippen molar-refractivity contribution in [3.8, 4) is 12.3 Å². The van der Waals surface area contributed by atoms with Gasteiger partial charge in [-0.1, -0.05) is 25.2 Å². The highest BCUT2D eigenvalue weighted by Gasteiger charge is 2.19. The second-order valence-corrected chi connectivity index (χ2v) is 4.67. The van der Waals surface area contributed by atoms with Crippen LogP contribution in [0.15, 0.2) is 0 Å². The second kappa shape index (κ2) is 8.61. The Balaban J connectivity index is 2.25. The van der Waals surface area contributed by atoms with E-state index in [1.807, 2.05) is 0 Å². The molecular weight excluding hydrogens is 198 g/mol. The van der Waals surface area contributed by atoms with Crippen LogP contribution in [0, 0.1) is 12.3 Å². The quantitative estimate of drug-likeness (QED) is 0.486. The van der Waals surface area contributed by atoms with Gasteiger partial charge >= 0.3 is 0 Å². The van der Waals surface area contributed by atoms with E-state index in [9.17, 15) is 0 Å². The summed E-state index contributed by atoms with van der Waals surface area (Å²) in [6.07, 6.45) is 14.6. The highest BCUT2D eigenvalue weighted by atomic mass is 16.5. The van der Waals surface area contributed by atoms with Crippen molar-refractivity contribution in [1.29, 1.82) is 0 Å². The molecule has 0 bridgehead atoms. The van der Waals surface area contributed by atoms with Crippen molar-refractivity contribution < 1.29 is 4.74 Å². The normalized spacial score (nSPS) is 17.6. The third kappa shape index (κ3) is 5.01. The maximum Gasteiger partial charge on any atom is 0.0601 e. The fraction of sp³-hybridized carbons (Fsp3) is 0.857. The van der Waals surface area contributed by atoms with Crippen molar-refractivity contribution in [1.82, 2.24) is 4.90 Å². The summed E-state index contributed by atoms with van der Waals surface area (Å²) in [7, 11) is 1.76. The van der Waals surface area contributed by atoms with Crippen molar-refractivity contribution in [2.45, 2.75) is 51.0 Å². The van der Waals surface area contributed by atoms with Crippen molar-refractivity contribution in [2.24, 2.45) is 0 Å². The minimum atomic E-state index is 0.743. The van der Waals surface area contributed by atoms with Gasteiger partial charge in [-0.05, 0) is 32.2 Å². The van der Waals surface area contributed by atoms with E-state index in [1.54, 1.807) is 7.11 Å². The number of ether oxygens (including phenoxy) is 1. The summed E-state index contributed by atoms with van der Waals surface area (Å²) in [5.74, 6) is 2.80. The number of hydrogen-bond acceptors (Lipinski definition) is 2. The summed E-state index contributed by atoms with van der Waals surface area (Å²) in [6, 6.07) is 0.743. The maximum atomic E-state index is 5.45. The Bertz CT molecular complexity index is 203. The van der Waals surface area contributed by atoms with Crippen LogP contribution in [-0.2, 0) is 4.74 Å². The van der Waals surface area contributed by atoms with Crippen LogP contribution in [0.2, 0.25) is 0 Å². The summed E-state index contributed by atoms with van der Waals surface area (Å²) in [4.78, 5) is 2.49. The van der Waals surface area contributed by atoms with Crippen LogP contribution < -0.4 is 0 Å². The van der Waals surface area contributed by atoms with E-state index >= 15 is 0 Å². The van der Waals surface area contributed by atoms with Crippen LogP contribution in [0.4, 0.5) is 0 Å². The monoisotopic (exact) mass is 223 g/mol. The number of methoxy groups -OCH3 is 1. The van der Waals surface area contributed by atoms with E-state index in [0.717, 1.165) is 32.2 Å². The zero-order chi connectivity index (χ0) is 11.6. The second-order valence-electron chi connectivity index (χ2n) is 4.67. The Morgan fingerprint density at radius 3 is 2.62 bits per heavy atom. The van der Waals surface area contributed by atoms with Crippen LogP contribution in [0.3, 0.4) is 0 Å². The molecule has 1 saturated carbocycles. The number of terminal acetylenes is 1. The molecule has 92 valence electrons. The van der Waals surface area contributed by atoms with Gasteiger partial charge < -0.3 is 4.74 Å². The van der Waals surface area contributed by atoms with Gasteiger partial charge in [0.2, 0.25) is 0 Å². The van der Waals surface area contributed by atoms with Crippen molar-refractivity contribution in [3.63, 3.8) is 0 Å². The minimum Gasteiger partial charge on any atom is -0.385 e. The number of rotatable bonds is 7. The predicted molar refractivity (Wildman–Crippen MR) is 68.4 cm³/mol. The molecule has 0 saturated heterocycles. The average Bonchev–Trinajstić information content (AvgIpc) is 2.34. The smallest absolute Gasteiger partial charge is 0.0601 e. The molecule has 0 aromatic rings. The van der Waals surface area contributed by atoms with E-state index in [2.05, 4.69) is 10.8 Å². The molecule has 0 spiro atoms. The SMILES string of the molecule is C#CCN(CCCCOC)C1CCCCC1. The number of nitrogens with zero attached hydrogens (tertiary/aromatic N) is 1. The molecule has 1 aliphatic carbocycles. The van der Waals surface area contributed by atoms with E-state index < -0.39 is 0 Å². The molecule has 0 aliphatic heterocycles. The fourth-order valence-corrected chi connectivity index (χ4v) is 2.52. The molecule has 0 amide bonds. The van der Waals surface area contributed by atoms with Gasteiger partial charge in [0.25, 0.3) is 0 Å². The van der Waals surface area contributed by atoms with Crippen LogP contribution in [0.5, 0.6) is 0 Å². The van der Waals surface area contributed by atoms with E-state index in [0.29, 0.717) is 0 Å². The van der Waals surface area contributed by atoms with Crippen LogP contribution in [0.1, 0.15) is 44.9 Å². The summed E-state index contributed by atoms with van der Waals surface area (Å²) in [5.41, 5.74) is 0. The highest BCUT2D eigenvalue weighted by molar-refractivity contribution is 4.91. The first kappa shape index (κ1) is 13.5. The zero-order valence-electron chi connectivity index (χ0n) is 10.6. The lowest BCUT2D eigenvalue weighted by Crippen LogP contribution is -2.37. The van der Waals surface area contributed by atoms with Gasteiger partial charge in [-0.15, -0.1) is 6.42 Å². The zero-order valence-corrected chi connectivity index (χ0v) is 10.6. The summed E-state index contributed by atoms with van der Waals surface area (Å²) in [5, 5.41) is 0. The van der Waals surface area contributed by atoms with Gasteiger partial charge in [0.05, 0.1) is 6.54 Å². The highest BCUT2D eigenvalue weighted by Crippen LogP contribution is 2.22. The van der Waals surface area contributed by atoms with Crippen LogP contribution in [-0.4, -0.2) is 37.7 Å². The topological polar surface area (TPSA) is 12.5 Å². The Hall–Kier alpha value is -0.520. The van der Waals surface area contributed by atoms with E-state index in [-0.39, 0.29) is 0 Å². The number of unbranched alkanes of at least 4 members (excludes halogenated alkanes) is 1.